The number of anilines is 1. The van der Waals surface area contributed by atoms with E-state index in [-0.39, 0.29) is 5.82 Å². The largest absolute Gasteiger partial charge is 0.495 e. The van der Waals surface area contributed by atoms with Crippen LogP contribution in [-0.4, -0.2) is 7.11 Å². The van der Waals surface area contributed by atoms with Gasteiger partial charge in [0, 0.05) is 22.8 Å². The third-order valence-electron chi connectivity index (χ3n) is 2.64. The van der Waals surface area contributed by atoms with E-state index in [4.69, 9.17) is 4.74 Å². The maximum Gasteiger partial charge on any atom is 0.135 e. The average Bonchev–Trinajstić information content (AvgIpc) is 2.41. The van der Waals surface area contributed by atoms with Gasteiger partial charge in [0.2, 0.25) is 0 Å². The molecule has 0 atom stereocenters. The summed E-state index contributed by atoms with van der Waals surface area (Å²) >= 11 is 6.80. The molecule has 1 N–H and O–H groups in total. The van der Waals surface area contributed by atoms with Crippen LogP contribution in [0.25, 0.3) is 0 Å². The zero-order valence-corrected chi connectivity index (χ0v) is 13.4. The molecule has 0 unspecified atom stereocenters. The van der Waals surface area contributed by atoms with Gasteiger partial charge in [-0.25, -0.2) is 4.39 Å². The smallest absolute Gasteiger partial charge is 0.135 e. The van der Waals surface area contributed by atoms with Gasteiger partial charge in [0.15, 0.2) is 0 Å². The molecule has 0 fully saturated rings. The summed E-state index contributed by atoms with van der Waals surface area (Å²) in [6.45, 7) is 0.531. The SMILES string of the molecule is COc1cc(NCc2cc(F)ccc2Br)ccc1Br. The number of methoxy groups -OCH3 is 1. The number of benzene rings is 2. The highest BCUT2D eigenvalue weighted by molar-refractivity contribution is 9.10. The fourth-order valence-corrected chi connectivity index (χ4v) is 2.44. The maximum atomic E-state index is 13.2. The quantitative estimate of drug-likeness (QED) is 0.798. The summed E-state index contributed by atoms with van der Waals surface area (Å²) < 4.78 is 20.2. The molecule has 0 aliphatic carbocycles. The number of rotatable bonds is 4. The summed E-state index contributed by atoms with van der Waals surface area (Å²) in [7, 11) is 1.62. The molecule has 0 saturated heterocycles. The van der Waals surface area contributed by atoms with Gasteiger partial charge >= 0.3 is 0 Å². The maximum absolute atomic E-state index is 13.2. The second-order valence-corrected chi connectivity index (χ2v) is 5.65. The van der Waals surface area contributed by atoms with Gasteiger partial charge < -0.3 is 10.1 Å². The minimum absolute atomic E-state index is 0.242. The molecule has 2 rings (SSSR count). The van der Waals surface area contributed by atoms with E-state index in [0.29, 0.717) is 6.54 Å². The Kier molecular flexibility index (Phi) is 4.82. The average molecular weight is 389 g/mol. The molecule has 0 amide bonds. The van der Waals surface area contributed by atoms with Crippen LogP contribution in [0.4, 0.5) is 10.1 Å². The van der Waals surface area contributed by atoms with Crippen LogP contribution in [0.2, 0.25) is 0 Å². The van der Waals surface area contributed by atoms with Crippen LogP contribution in [0.3, 0.4) is 0 Å². The molecule has 0 aromatic heterocycles. The first kappa shape index (κ1) is 14.3. The predicted molar refractivity (Wildman–Crippen MR) is 82.1 cm³/mol. The van der Waals surface area contributed by atoms with Crippen molar-refractivity contribution in [3.63, 3.8) is 0 Å². The molecule has 0 spiro atoms. The number of hydrogen-bond acceptors (Lipinski definition) is 2. The Morgan fingerprint density at radius 3 is 2.58 bits per heavy atom. The van der Waals surface area contributed by atoms with Crippen molar-refractivity contribution in [3.05, 3.63) is 56.7 Å². The summed E-state index contributed by atoms with van der Waals surface area (Å²) in [5.74, 6) is 0.511. The van der Waals surface area contributed by atoms with Crippen LogP contribution < -0.4 is 10.1 Å². The van der Waals surface area contributed by atoms with Crippen LogP contribution in [0, 0.1) is 5.82 Å². The molecular weight excluding hydrogens is 377 g/mol. The summed E-state index contributed by atoms with van der Waals surface area (Å²) in [5.41, 5.74) is 1.78. The Morgan fingerprint density at radius 2 is 1.84 bits per heavy atom. The Hall–Kier alpha value is -1.07. The number of ether oxygens (including phenoxy) is 1. The van der Waals surface area contributed by atoms with Crippen molar-refractivity contribution in [1.29, 1.82) is 0 Å². The zero-order chi connectivity index (χ0) is 13.8. The lowest BCUT2D eigenvalue weighted by Gasteiger charge is -2.10. The van der Waals surface area contributed by atoms with E-state index in [0.717, 1.165) is 25.9 Å². The third-order valence-corrected chi connectivity index (χ3v) is 4.07. The fourth-order valence-electron chi connectivity index (χ4n) is 1.65. The minimum atomic E-state index is -0.242. The lowest BCUT2D eigenvalue weighted by atomic mass is 10.2. The molecule has 0 heterocycles. The second kappa shape index (κ2) is 6.39. The number of nitrogens with one attached hydrogen (secondary N) is 1. The first-order valence-corrected chi connectivity index (χ1v) is 7.20. The molecule has 0 radical (unpaired) electrons. The van der Waals surface area contributed by atoms with Crippen molar-refractivity contribution in [2.45, 2.75) is 6.54 Å². The lowest BCUT2D eigenvalue weighted by Crippen LogP contribution is -2.01. The van der Waals surface area contributed by atoms with Crippen LogP contribution >= 0.6 is 31.9 Å². The second-order valence-electron chi connectivity index (χ2n) is 3.94. The number of hydrogen-bond donors (Lipinski definition) is 1. The molecule has 100 valence electrons. The van der Waals surface area contributed by atoms with Gasteiger partial charge in [-0.05, 0) is 51.8 Å². The lowest BCUT2D eigenvalue weighted by molar-refractivity contribution is 0.412. The fraction of sp³-hybridized carbons (Fsp3) is 0.143. The van der Waals surface area contributed by atoms with Crippen molar-refractivity contribution in [3.8, 4) is 5.75 Å². The Bertz CT molecular complexity index is 590. The van der Waals surface area contributed by atoms with E-state index in [1.807, 2.05) is 18.2 Å². The third kappa shape index (κ3) is 3.70. The predicted octanol–water partition coefficient (Wildman–Crippen LogP) is 4.97. The van der Waals surface area contributed by atoms with Gasteiger partial charge in [0.05, 0.1) is 11.6 Å². The first-order chi connectivity index (χ1) is 9.10. The molecule has 0 aliphatic rings. The molecule has 5 heteroatoms. The van der Waals surface area contributed by atoms with E-state index < -0.39 is 0 Å². The standard InChI is InChI=1S/C14H12Br2FNO/c1-19-14-7-11(3-5-13(14)16)18-8-9-6-10(17)2-4-12(9)15/h2-7,18H,8H2,1H3. The van der Waals surface area contributed by atoms with Gasteiger partial charge in [-0.3, -0.25) is 0 Å². The highest BCUT2D eigenvalue weighted by atomic mass is 79.9. The molecule has 0 bridgehead atoms. The molecule has 19 heavy (non-hydrogen) atoms. The van der Waals surface area contributed by atoms with Crippen molar-refractivity contribution in [2.24, 2.45) is 0 Å². The molecule has 2 aromatic carbocycles. The van der Waals surface area contributed by atoms with Crippen LogP contribution in [0.1, 0.15) is 5.56 Å². The van der Waals surface area contributed by atoms with E-state index in [1.54, 1.807) is 13.2 Å². The molecule has 2 nitrogen and oxygen atoms in total. The van der Waals surface area contributed by atoms with E-state index in [2.05, 4.69) is 37.2 Å². The molecular formula is C14H12Br2FNO. The van der Waals surface area contributed by atoms with E-state index >= 15 is 0 Å². The summed E-state index contributed by atoms with van der Waals surface area (Å²) in [4.78, 5) is 0. The summed E-state index contributed by atoms with van der Waals surface area (Å²) in [6.07, 6.45) is 0. The monoisotopic (exact) mass is 387 g/mol. The van der Waals surface area contributed by atoms with Crippen molar-refractivity contribution >= 4 is 37.5 Å². The molecule has 2 aromatic rings. The number of halogens is 3. The van der Waals surface area contributed by atoms with Gasteiger partial charge in [0.1, 0.15) is 11.6 Å². The Balaban J connectivity index is 2.12. The molecule has 0 saturated carbocycles. The van der Waals surface area contributed by atoms with Crippen molar-refractivity contribution in [1.82, 2.24) is 0 Å². The van der Waals surface area contributed by atoms with Crippen molar-refractivity contribution < 1.29 is 9.13 Å². The van der Waals surface area contributed by atoms with Gasteiger partial charge in [-0.2, -0.15) is 0 Å². The Labute approximate surface area is 128 Å². The van der Waals surface area contributed by atoms with Gasteiger partial charge in [-0.1, -0.05) is 15.9 Å². The molecule has 0 aliphatic heterocycles. The minimum Gasteiger partial charge on any atom is -0.495 e. The van der Waals surface area contributed by atoms with Crippen LogP contribution in [-0.2, 0) is 6.54 Å². The van der Waals surface area contributed by atoms with E-state index in [1.165, 1.54) is 12.1 Å². The van der Waals surface area contributed by atoms with Crippen molar-refractivity contribution in [2.75, 3.05) is 12.4 Å². The first-order valence-electron chi connectivity index (χ1n) is 5.61. The highest BCUT2D eigenvalue weighted by Crippen LogP contribution is 2.28. The normalized spacial score (nSPS) is 10.3. The van der Waals surface area contributed by atoms with Crippen LogP contribution in [0.5, 0.6) is 5.75 Å². The zero-order valence-electron chi connectivity index (χ0n) is 10.2. The topological polar surface area (TPSA) is 21.3 Å². The van der Waals surface area contributed by atoms with E-state index in [9.17, 15) is 4.39 Å². The van der Waals surface area contributed by atoms with Gasteiger partial charge in [0.25, 0.3) is 0 Å². The highest BCUT2D eigenvalue weighted by Gasteiger charge is 2.04. The summed E-state index contributed by atoms with van der Waals surface area (Å²) in [6, 6.07) is 10.4. The summed E-state index contributed by atoms with van der Waals surface area (Å²) in [5, 5.41) is 3.23. The van der Waals surface area contributed by atoms with Crippen LogP contribution in [0.15, 0.2) is 45.3 Å². The van der Waals surface area contributed by atoms with Gasteiger partial charge in [-0.15, -0.1) is 0 Å². The Morgan fingerprint density at radius 1 is 1.11 bits per heavy atom.